The van der Waals surface area contributed by atoms with E-state index in [0.717, 1.165) is 14.5 Å². The molecule has 5 heterocycles. The third-order valence-corrected chi connectivity index (χ3v) is 8.80. The molecule has 0 atom stereocenters. The van der Waals surface area contributed by atoms with Gasteiger partial charge in [0, 0.05) is 46.9 Å². The zero-order chi connectivity index (χ0) is 27.0. The lowest BCUT2D eigenvalue weighted by molar-refractivity contribution is -0.361. The highest BCUT2D eigenvalue weighted by atomic mass is 32.2. The van der Waals surface area contributed by atoms with E-state index in [2.05, 4.69) is 11.8 Å². The summed E-state index contributed by atoms with van der Waals surface area (Å²) in [5.74, 6) is 5.64. The van der Waals surface area contributed by atoms with Crippen molar-refractivity contribution in [3.8, 4) is 11.8 Å². The van der Waals surface area contributed by atoms with Crippen LogP contribution in [0.1, 0.15) is 47.0 Å². The maximum atomic E-state index is 15.8. The average Bonchev–Trinajstić information content (AvgIpc) is 3.30. The molecule has 0 bridgehead atoms. The van der Waals surface area contributed by atoms with Crippen LogP contribution in [-0.2, 0) is 15.6 Å². The summed E-state index contributed by atoms with van der Waals surface area (Å²) in [5, 5.41) is 0.528. The van der Waals surface area contributed by atoms with E-state index in [-0.39, 0.29) is 34.8 Å². The Bertz CT molecular complexity index is 1950. The number of hydrogen-bond donors (Lipinski definition) is 0. The van der Waals surface area contributed by atoms with Gasteiger partial charge in [0.05, 0.1) is 17.1 Å². The summed E-state index contributed by atoms with van der Waals surface area (Å²) >= 11 is 0. The summed E-state index contributed by atoms with van der Waals surface area (Å²) in [6.45, 7) is 1.11. The molecule has 0 fully saturated rings. The predicted octanol–water partition coefficient (Wildman–Crippen LogP) is 4.59. The Morgan fingerprint density at radius 3 is 2.68 bits per heavy atom. The van der Waals surface area contributed by atoms with Crippen molar-refractivity contribution in [2.45, 2.75) is 32.9 Å². The van der Waals surface area contributed by atoms with Crippen molar-refractivity contribution in [3.63, 3.8) is 0 Å². The topological polar surface area (TPSA) is 72.3 Å². The highest BCUT2D eigenvalue weighted by Gasteiger charge is 2.53. The van der Waals surface area contributed by atoms with Gasteiger partial charge >= 0.3 is 12.6 Å². The molecular formula is C28H23BF2N2O4S. The second-order valence-electron chi connectivity index (χ2n) is 9.98. The number of benzene rings is 1. The molecule has 0 saturated carbocycles. The van der Waals surface area contributed by atoms with Crippen LogP contribution in [0.2, 0.25) is 0 Å². The third-order valence-electron chi connectivity index (χ3n) is 7.22. The second-order valence-corrected chi connectivity index (χ2v) is 12.2. The van der Waals surface area contributed by atoms with Crippen molar-refractivity contribution >= 4 is 45.6 Å². The van der Waals surface area contributed by atoms with Crippen LogP contribution in [0.15, 0.2) is 56.9 Å². The first-order chi connectivity index (χ1) is 17.9. The molecule has 0 saturated heterocycles. The van der Waals surface area contributed by atoms with Crippen LogP contribution >= 0.6 is 0 Å². The number of hydrogen-bond acceptors (Lipinski definition) is 4. The first kappa shape index (κ1) is 24.4. The SMILES string of the molecule is CC1=CC(C=Cc2cc3cc4c(cc3oc2=O)C#CCCS(=O)(=O)C4)=[N+]2C1=Cc1c(C)cc(C)n1[B-]2(F)F. The number of sulfone groups is 1. The molecule has 0 unspecified atom stereocenters. The second kappa shape index (κ2) is 8.27. The third kappa shape index (κ3) is 3.81. The standard InChI is InChI=1S/C28H23BF2N2O4S/c1-17-10-19(3)32-25(17)15-26-18(2)11-24(33(26)29(32,30)31)8-7-21-12-22-13-23-16-38(35,36)9-5-4-6-20(23)14-27(22)37-28(21)34/h7-8,10-15H,5,9,16H2,1-3H3. The summed E-state index contributed by atoms with van der Waals surface area (Å²) in [6, 6.07) is 6.57. The van der Waals surface area contributed by atoms with Crippen molar-refractivity contribution in [2.24, 2.45) is 0 Å². The van der Waals surface area contributed by atoms with E-state index in [9.17, 15) is 13.2 Å². The molecule has 3 aliphatic rings. The van der Waals surface area contributed by atoms with Gasteiger partial charge in [-0.25, -0.2) is 13.2 Å². The molecule has 6 rings (SSSR count). The van der Waals surface area contributed by atoms with Gasteiger partial charge in [0.15, 0.2) is 21.2 Å². The predicted molar refractivity (Wildman–Crippen MR) is 145 cm³/mol. The lowest BCUT2D eigenvalue weighted by Crippen LogP contribution is -2.50. The first-order valence-corrected chi connectivity index (χ1v) is 14.0. The van der Waals surface area contributed by atoms with Gasteiger partial charge in [-0.05, 0) is 67.9 Å². The van der Waals surface area contributed by atoms with Crippen molar-refractivity contribution in [1.82, 2.24) is 4.48 Å². The van der Waals surface area contributed by atoms with E-state index in [0.29, 0.717) is 39.2 Å². The Balaban J connectivity index is 1.45. The van der Waals surface area contributed by atoms with Gasteiger partial charge in [0.1, 0.15) is 5.58 Å². The van der Waals surface area contributed by atoms with Gasteiger partial charge in [-0.3, -0.25) is 0 Å². The highest BCUT2D eigenvalue weighted by molar-refractivity contribution is 7.90. The van der Waals surface area contributed by atoms with Crippen LogP contribution in [0, 0.1) is 25.7 Å². The van der Waals surface area contributed by atoms with Crippen molar-refractivity contribution in [3.05, 3.63) is 91.7 Å². The van der Waals surface area contributed by atoms with E-state index >= 15 is 8.63 Å². The van der Waals surface area contributed by atoms with Crippen molar-refractivity contribution < 1.29 is 26.0 Å². The number of fused-ring (bicyclic) bond motifs is 4. The van der Waals surface area contributed by atoms with Gasteiger partial charge in [-0.15, -0.1) is 0 Å². The smallest absolute Gasteiger partial charge is 0.422 e. The minimum Gasteiger partial charge on any atom is -0.422 e. The fraction of sp³-hybridized carbons (Fsp3) is 0.214. The van der Waals surface area contributed by atoms with Crippen LogP contribution < -0.4 is 5.63 Å². The summed E-state index contributed by atoms with van der Waals surface area (Å²) in [7, 11) is -3.32. The number of rotatable bonds is 2. The van der Waals surface area contributed by atoms with Gasteiger partial charge in [0.2, 0.25) is 0 Å². The Labute approximate surface area is 218 Å². The number of aryl methyl sites for hydroxylation is 2. The molecule has 0 spiro atoms. The fourth-order valence-corrected chi connectivity index (χ4v) is 6.73. The molecule has 192 valence electrons. The van der Waals surface area contributed by atoms with Gasteiger partial charge in [0.25, 0.3) is 0 Å². The van der Waals surface area contributed by atoms with Gasteiger partial charge in [-0.2, -0.15) is 0 Å². The van der Waals surface area contributed by atoms with Crippen LogP contribution in [0.4, 0.5) is 8.63 Å². The summed E-state index contributed by atoms with van der Waals surface area (Å²) in [4.78, 5) is 12.8. The first-order valence-electron chi connectivity index (χ1n) is 12.2. The lowest BCUT2D eigenvalue weighted by atomic mass is 9.89. The van der Waals surface area contributed by atoms with E-state index < -0.39 is 22.4 Å². The van der Waals surface area contributed by atoms with E-state index in [1.807, 2.05) is 6.92 Å². The number of nitrogens with zero attached hydrogens (tertiary/aromatic N) is 2. The molecule has 2 aromatic heterocycles. The minimum absolute atomic E-state index is 0.0104. The summed E-state index contributed by atoms with van der Waals surface area (Å²) in [5.41, 5.74) is 3.99. The Morgan fingerprint density at radius 1 is 1.11 bits per heavy atom. The number of allylic oxidation sites excluding steroid dienone is 3. The molecule has 0 aliphatic carbocycles. The zero-order valence-corrected chi connectivity index (χ0v) is 21.8. The molecule has 0 N–H and O–H groups in total. The summed E-state index contributed by atoms with van der Waals surface area (Å²) in [6.07, 6.45) is 6.63. The fourth-order valence-electron chi connectivity index (χ4n) is 5.46. The van der Waals surface area contributed by atoms with Crippen molar-refractivity contribution in [2.75, 3.05) is 5.75 Å². The molecule has 3 aliphatic heterocycles. The molecular weight excluding hydrogens is 509 g/mol. The molecule has 3 aromatic rings. The molecule has 10 heteroatoms. The van der Waals surface area contributed by atoms with Crippen LogP contribution in [-0.4, -0.2) is 35.8 Å². The highest BCUT2D eigenvalue weighted by Crippen LogP contribution is 2.37. The van der Waals surface area contributed by atoms with E-state index in [1.54, 1.807) is 50.3 Å². The summed E-state index contributed by atoms with van der Waals surface area (Å²) < 4.78 is 64.0. The monoisotopic (exact) mass is 532 g/mol. The number of aromatic nitrogens is 1. The Kier molecular flexibility index (Phi) is 5.30. The van der Waals surface area contributed by atoms with E-state index in [4.69, 9.17) is 4.42 Å². The van der Waals surface area contributed by atoms with E-state index in [1.165, 1.54) is 12.2 Å². The molecule has 0 radical (unpaired) electrons. The zero-order valence-electron chi connectivity index (χ0n) is 21.0. The minimum atomic E-state index is -4.15. The molecule has 0 amide bonds. The number of halogens is 2. The Hall–Kier alpha value is -3.97. The lowest BCUT2D eigenvalue weighted by Gasteiger charge is -2.30. The molecule has 6 nitrogen and oxygen atoms in total. The maximum absolute atomic E-state index is 15.8. The average molecular weight is 532 g/mol. The Morgan fingerprint density at radius 2 is 1.89 bits per heavy atom. The van der Waals surface area contributed by atoms with Gasteiger partial charge < -0.3 is 22.0 Å². The molecule has 1 aromatic carbocycles. The molecule has 38 heavy (non-hydrogen) atoms. The van der Waals surface area contributed by atoms with Gasteiger partial charge in [-0.1, -0.05) is 11.8 Å². The van der Waals surface area contributed by atoms with Crippen LogP contribution in [0.5, 0.6) is 0 Å². The van der Waals surface area contributed by atoms with Crippen molar-refractivity contribution in [1.29, 1.82) is 0 Å². The largest absolute Gasteiger partial charge is 0.737 e. The normalized spacial score (nSPS) is 19.2. The maximum Gasteiger partial charge on any atom is 0.737 e. The quantitative estimate of drug-likeness (QED) is 0.275. The van der Waals surface area contributed by atoms with Crippen LogP contribution in [0.3, 0.4) is 0 Å². The van der Waals surface area contributed by atoms with Crippen LogP contribution in [0.25, 0.3) is 23.1 Å².